The first kappa shape index (κ1) is 20.4. The molecule has 150 valence electrons. The number of benzene rings is 2. The van der Waals surface area contributed by atoms with Crippen molar-refractivity contribution in [1.29, 1.82) is 0 Å². The number of carbonyl (C=O) groups is 3. The summed E-state index contributed by atoms with van der Waals surface area (Å²) in [7, 11) is 0. The van der Waals surface area contributed by atoms with Crippen LogP contribution >= 0.6 is 11.8 Å². The van der Waals surface area contributed by atoms with Crippen molar-refractivity contribution in [3.8, 4) is 0 Å². The van der Waals surface area contributed by atoms with E-state index in [1.165, 1.54) is 6.92 Å². The standard InChI is InChI=1S/C20H20N4O4S/c1-13(25)21-16(14-7-3-2-4-8-14)11-18(26)23-24-19(27)12-29-20-22-15-9-5-6-10-17(15)28-20/h2-10,16H,11-12H2,1H3,(H,21,25)(H,23,26)(H,24,27)/t16-/m0/s1. The zero-order valence-corrected chi connectivity index (χ0v) is 16.5. The van der Waals surface area contributed by atoms with Gasteiger partial charge in [-0.2, -0.15) is 0 Å². The van der Waals surface area contributed by atoms with Crippen molar-refractivity contribution in [2.24, 2.45) is 0 Å². The number of oxazole rings is 1. The number of aromatic nitrogens is 1. The smallest absolute Gasteiger partial charge is 0.257 e. The number of hydrogen-bond donors (Lipinski definition) is 3. The normalized spacial score (nSPS) is 11.6. The fraction of sp³-hybridized carbons (Fsp3) is 0.200. The van der Waals surface area contributed by atoms with Gasteiger partial charge in [0.05, 0.1) is 18.2 Å². The molecular weight excluding hydrogens is 392 g/mol. The molecule has 9 heteroatoms. The third-order valence-corrected chi connectivity index (χ3v) is 4.74. The highest BCUT2D eigenvalue weighted by Gasteiger charge is 2.17. The second-order valence-electron chi connectivity index (χ2n) is 6.20. The molecule has 0 unspecified atom stereocenters. The van der Waals surface area contributed by atoms with Crippen LogP contribution in [0, 0.1) is 0 Å². The highest BCUT2D eigenvalue weighted by atomic mass is 32.2. The summed E-state index contributed by atoms with van der Waals surface area (Å²) in [5.74, 6) is -1.04. The number of hydrogen-bond acceptors (Lipinski definition) is 6. The van der Waals surface area contributed by atoms with E-state index in [0.717, 1.165) is 17.3 Å². The van der Waals surface area contributed by atoms with Crippen LogP contribution in [0.25, 0.3) is 11.1 Å². The summed E-state index contributed by atoms with van der Waals surface area (Å²) >= 11 is 1.13. The van der Waals surface area contributed by atoms with Gasteiger partial charge in [0.2, 0.25) is 17.7 Å². The molecule has 0 radical (unpaired) electrons. The Balaban J connectivity index is 1.47. The predicted molar refractivity (Wildman–Crippen MR) is 109 cm³/mol. The maximum absolute atomic E-state index is 12.2. The number of nitrogens with zero attached hydrogens (tertiary/aromatic N) is 1. The number of carbonyl (C=O) groups excluding carboxylic acids is 3. The molecule has 1 aromatic heterocycles. The van der Waals surface area contributed by atoms with E-state index in [-0.39, 0.29) is 18.1 Å². The highest BCUT2D eigenvalue weighted by Crippen LogP contribution is 2.22. The monoisotopic (exact) mass is 412 g/mol. The summed E-state index contributed by atoms with van der Waals surface area (Å²) in [4.78, 5) is 39.9. The molecule has 1 atom stereocenters. The van der Waals surface area contributed by atoms with Crippen LogP contribution in [0.1, 0.15) is 24.9 Å². The van der Waals surface area contributed by atoms with Crippen LogP contribution in [0.2, 0.25) is 0 Å². The molecule has 0 saturated heterocycles. The maximum atomic E-state index is 12.2. The lowest BCUT2D eigenvalue weighted by Gasteiger charge is -2.18. The second kappa shape index (κ2) is 9.74. The summed E-state index contributed by atoms with van der Waals surface area (Å²) in [6.07, 6.45) is -0.0118. The number of para-hydroxylation sites is 2. The van der Waals surface area contributed by atoms with Crippen molar-refractivity contribution >= 4 is 40.6 Å². The van der Waals surface area contributed by atoms with Crippen LogP contribution in [0.15, 0.2) is 64.2 Å². The van der Waals surface area contributed by atoms with Crippen molar-refractivity contribution in [1.82, 2.24) is 21.2 Å². The van der Waals surface area contributed by atoms with Gasteiger partial charge in [-0.1, -0.05) is 54.2 Å². The van der Waals surface area contributed by atoms with E-state index in [1.54, 1.807) is 6.07 Å². The molecule has 2 aromatic carbocycles. The summed E-state index contributed by atoms with van der Waals surface area (Å²) < 4.78 is 5.53. The Morgan fingerprint density at radius 2 is 1.69 bits per heavy atom. The zero-order valence-electron chi connectivity index (χ0n) is 15.7. The Morgan fingerprint density at radius 1 is 1.00 bits per heavy atom. The lowest BCUT2D eigenvalue weighted by molar-refractivity contribution is -0.128. The van der Waals surface area contributed by atoms with E-state index in [4.69, 9.17) is 4.42 Å². The Labute approximate surface area is 171 Å². The SMILES string of the molecule is CC(=O)N[C@@H](CC(=O)NNC(=O)CSc1nc2ccccc2o1)c1ccccc1. The summed E-state index contributed by atoms with van der Waals surface area (Å²) in [6.45, 7) is 1.39. The van der Waals surface area contributed by atoms with Crippen molar-refractivity contribution < 1.29 is 18.8 Å². The van der Waals surface area contributed by atoms with Gasteiger partial charge in [0.15, 0.2) is 5.58 Å². The first-order valence-corrected chi connectivity index (χ1v) is 9.88. The molecule has 3 rings (SSSR count). The van der Waals surface area contributed by atoms with Gasteiger partial charge in [-0.3, -0.25) is 25.2 Å². The molecule has 3 amide bonds. The minimum atomic E-state index is -0.486. The van der Waals surface area contributed by atoms with Gasteiger partial charge in [0.1, 0.15) is 5.52 Å². The molecule has 0 aliphatic rings. The van der Waals surface area contributed by atoms with Gasteiger partial charge in [0.25, 0.3) is 5.22 Å². The minimum Gasteiger partial charge on any atom is -0.431 e. The molecule has 3 aromatic rings. The van der Waals surface area contributed by atoms with E-state index in [2.05, 4.69) is 21.2 Å². The van der Waals surface area contributed by atoms with Crippen LogP contribution in [0.5, 0.6) is 0 Å². The zero-order chi connectivity index (χ0) is 20.6. The van der Waals surface area contributed by atoms with Gasteiger partial charge in [0, 0.05) is 6.92 Å². The van der Waals surface area contributed by atoms with E-state index in [0.29, 0.717) is 16.3 Å². The maximum Gasteiger partial charge on any atom is 0.257 e. The van der Waals surface area contributed by atoms with Crippen molar-refractivity contribution in [3.63, 3.8) is 0 Å². The topological polar surface area (TPSA) is 113 Å². The molecule has 29 heavy (non-hydrogen) atoms. The largest absolute Gasteiger partial charge is 0.431 e. The predicted octanol–water partition coefficient (Wildman–Crippen LogP) is 2.33. The Morgan fingerprint density at radius 3 is 2.41 bits per heavy atom. The van der Waals surface area contributed by atoms with Gasteiger partial charge >= 0.3 is 0 Å². The van der Waals surface area contributed by atoms with Crippen molar-refractivity contribution in [3.05, 3.63) is 60.2 Å². The Hall–Kier alpha value is -3.33. The number of thioether (sulfide) groups is 1. The highest BCUT2D eigenvalue weighted by molar-refractivity contribution is 7.99. The molecule has 0 fully saturated rings. The lowest BCUT2D eigenvalue weighted by atomic mass is 10.0. The molecule has 3 N–H and O–H groups in total. The van der Waals surface area contributed by atoms with Gasteiger partial charge < -0.3 is 9.73 Å². The number of amides is 3. The van der Waals surface area contributed by atoms with Gasteiger partial charge in [-0.15, -0.1) is 0 Å². The third kappa shape index (κ3) is 6.08. The van der Waals surface area contributed by atoms with E-state index >= 15 is 0 Å². The molecule has 0 saturated carbocycles. The van der Waals surface area contributed by atoms with Crippen LogP contribution in [-0.2, 0) is 14.4 Å². The second-order valence-corrected chi connectivity index (χ2v) is 7.13. The van der Waals surface area contributed by atoms with Crippen LogP contribution in [0.3, 0.4) is 0 Å². The Bertz CT molecular complexity index is 973. The fourth-order valence-electron chi connectivity index (χ4n) is 2.63. The quantitative estimate of drug-likeness (QED) is 0.405. The molecule has 1 heterocycles. The van der Waals surface area contributed by atoms with Crippen molar-refractivity contribution in [2.75, 3.05) is 5.75 Å². The van der Waals surface area contributed by atoms with E-state index in [1.807, 2.05) is 48.5 Å². The first-order chi connectivity index (χ1) is 14.0. The minimum absolute atomic E-state index is 0.0118. The van der Waals surface area contributed by atoms with E-state index < -0.39 is 17.9 Å². The number of nitrogens with one attached hydrogen (secondary N) is 3. The average Bonchev–Trinajstić information content (AvgIpc) is 3.13. The summed E-state index contributed by atoms with van der Waals surface area (Å²) in [5.41, 5.74) is 6.88. The molecule has 0 aliphatic carbocycles. The first-order valence-electron chi connectivity index (χ1n) is 8.89. The van der Waals surface area contributed by atoms with Gasteiger partial charge in [-0.05, 0) is 17.7 Å². The molecule has 0 aliphatic heterocycles. The molecule has 8 nitrogen and oxygen atoms in total. The molecular formula is C20H20N4O4S. The Kier molecular flexibility index (Phi) is 6.85. The summed E-state index contributed by atoms with van der Waals surface area (Å²) in [6, 6.07) is 16.0. The summed E-state index contributed by atoms with van der Waals surface area (Å²) in [5, 5.41) is 3.11. The fourth-order valence-corrected chi connectivity index (χ4v) is 3.27. The number of fused-ring (bicyclic) bond motifs is 1. The lowest BCUT2D eigenvalue weighted by Crippen LogP contribution is -2.44. The number of rotatable bonds is 7. The number of hydrazine groups is 1. The van der Waals surface area contributed by atoms with Crippen LogP contribution in [0.4, 0.5) is 0 Å². The van der Waals surface area contributed by atoms with Crippen LogP contribution < -0.4 is 16.2 Å². The average molecular weight is 412 g/mol. The molecule has 0 bridgehead atoms. The third-order valence-electron chi connectivity index (χ3n) is 3.91. The van der Waals surface area contributed by atoms with Gasteiger partial charge in [-0.25, -0.2) is 4.98 Å². The van der Waals surface area contributed by atoms with Crippen LogP contribution in [-0.4, -0.2) is 28.5 Å². The van der Waals surface area contributed by atoms with Crippen molar-refractivity contribution in [2.45, 2.75) is 24.6 Å². The molecule has 0 spiro atoms. The van der Waals surface area contributed by atoms with E-state index in [9.17, 15) is 14.4 Å².